The predicted molar refractivity (Wildman–Crippen MR) is 79.4 cm³/mol. The van der Waals surface area contributed by atoms with Crippen LogP contribution in [0.5, 0.6) is 0 Å². The van der Waals surface area contributed by atoms with Gasteiger partial charge in [0.05, 0.1) is 17.2 Å². The summed E-state index contributed by atoms with van der Waals surface area (Å²) in [6.07, 6.45) is 6.31. The van der Waals surface area contributed by atoms with Gasteiger partial charge in [-0.1, -0.05) is 11.6 Å². The Kier molecular flexibility index (Phi) is 3.24. The van der Waals surface area contributed by atoms with Gasteiger partial charge in [-0.15, -0.1) is 0 Å². The fourth-order valence-corrected chi connectivity index (χ4v) is 3.84. The number of halogens is 1. The Morgan fingerprint density at radius 3 is 3.00 bits per heavy atom. The van der Waals surface area contributed by atoms with Crippen molar-refractivity contribution >= 4 is 17.5 Å². The van der Waals surface area contributed by atoms with Gasteiger partial charge in [-0.2, -0.15) is 0 Å². The third kappa shape index (κ3) is 2.28. The molecule has 3 aliphatic rings. The first-order valence-corrected chi connectivity index (χ1v) is 8.08. The van der Waals surface area contributed by atoms with Crippen molar-refractivity contribution in [3.05, 3.63) is 23.0 Å². The maximum absolute atomic E-state index is 12.5. The van der Waals surface area contributed by atoms with E-state index in [2.05, 4.69) is 5.32 Å². The molecule has 114 valence electrons. The fourth-order valence-electron chi connectivity index (χ4n) is 3.63. The van der Waals surface area contributed by atoms with E-state index >= 15 is 0 Å². The predicted octanol–water partition coefficient (Wildman–Crippen LogP) is 1.71. The number of aromatic nitrogens is 1. The van der Waals surface area contributed by atoms with E-state index in [0.717, 1.165) is 32.3 Å². The van der Waals surface area contributed by atoms with Crippen molar-refractivity contribution in [2.45, 2.75) is 49.9 Å². The molecule has 1 aromatic rings. The summed E-state index contributed by atoms with van der Waals surface area (Å²) in [7, 11) is 0. The normalized spacial score (nSPS) is 35.0. The molecule has 5 nitrogen and oxygen atoms in total. The lowest BCUT2D eigenvalue weighted by molar-refractivity contribution is -0.117. The summed E-state index contributed by atoms with van der Waals surface area (Å²) in [6.45, 7) is 0.768. The topological polar surface area (TPSA) is 69.3 Å². The standard InChI is InChI=1S/C15H20ClN3O2/c16-8-6-11(19(7-8)9-3-4-9)15(20)18-13-12(17)10-2-1-5-21-14(10)13/h6-7,9-10,12-14H,1-5,17H2,(H,18,20). The van der Waals surface area contributed by atoms with Crippen molar-refractivity contribution in [2.75, 3.05) is 6.61 Å². The lowest BCUT2D eigenvalue weighted by Gasteiger charge is -2.52. The molecule has 4 unspecified atom stereocenters. The molecule has 3 N–H and O–H groups in total. The van der Waals surface area contributed by atoms with Crippen LogP contribution in [0.4, 0.5) is 0 Å². The Morgan fingerprint density at radius 2 is 2.24 bits per heavy atom. The molecule has 3 fully saturated rings. The molecule has 2 saturated carbocycles. The first-order valence-electron chi connectivity index (χ1n) is 7.70. The van der Waals surface area contributed by atoms with E-state index in [0.29, 0.717) is 22.7 Å². The lowest BCUT2D eigenvalue weighted by Crippen LogP contribution is -2.72. The van der Waals surface area contributed by atoms with E-state index < -0.39 is 0 Å². The molecule has 1 amide bonds. The second kappa shape index (κ2) is 5.00. The Labute approximate surface area is 128 Å². The zero-order chi connectivity index (χ0) is 14.6. The number of nitrogens with zero attached hydrogens (tertiary/aromatic N) is 1. The molecule has 1 aliphatic heterocycles. The maximum Gasteiger partial charge on any atom is 0.268 e. The van der Waals surface area contributed by atoms with Crippen molar-refractivity contribution in [3.8, 4) is 0 Å². The molecule has 0 bridgehead atoms. The summed E-state index contributed by atoms with van der Waals surface area (Å²) in [5, 5.41) is 3.66. The monoisotopic (exact) mass is 309 g/mol. The first kappa shape index (κ1) is 13.6. The smallest absolute Gasteiger partial charge is 0.268 e. The highest BCUT2D eigenvalue weighted by Crippen LogP contribution is 2.39. The molecular formula is C15H20ClN3O2. The average Bonchev–Trinajstić information content (AvgIpc) is 3.26. The molecule has 0 spiro atoms. The highest BCUT2D eigenvalue weighted by molar-refractivity contribution is 6.31. The Hall–Kier alpha value is -1.04. The maximum atomic E-state index is 12.5. The number of carbonyl (C=O) groups excluding carboxylic acids is 1. The Bertz CT molecular complexity index is 569. The number of nitrogens with one attached hydrogen (secondary N) is 1. The van der Waals surface area contributed by atoms with Gasteiger partial charge in [0.1, 0.15) is 5.69 Å². The summed E-state index contributed by atoms with van der Waals surface area (Å²) in [5.41, 5.74) is 6.82. The second-order valence-electron chi connectivity index (χ2n) is 6.40. The minimum Gasteiger partial charge on any atom is -0.376 e. The summed E-state index contributed by atoms with van der Waals surface area (Å²) in [4.78, 5) is 12.5. The van der Waals surface area contributed by atoms with E-state index in [1.165, 1.54) is 0 Å². The minimum atomic E-state index is -0.0955. The van der Waals surface area contributed by atoms with Gasteiger partial charge in [0.15, 0.2) is 0 Å². The number of hydrogen-bond donors (Lipinski definition) is 2. The van der Waals surface area contributed by atoms with Crippen LogP contribution in [0, 0.1) is 5.92 Å². The number of rotatable bonds is 3. The highest BCUT2D eigenvalue weighted by atomic mass is 35.5. The number of amides is 1. The van der Waals surface area contributed by atoms with E-state index in [9.17, 15) is 4.79 Å². The van der Waals surface area contributed by atoms with Crippen LogP contribution < -0.4 is 11.1 Å². The van der Waals surface area contributed by atoms with Gasteiger partial charge >= 0.3 is 0 Å². The van der Waals surface area contributed by atoms with Crippen molar-refractivity contribution < 1.29 is 9.53 Å². The van der Waals surface area contributed by atoms with E-state index in [4.69, 9.17) is 22.1 Å². The molecule has 2 aliphatic carbocycles. The van der Waals surface area contributed by atoms with Crippen molar-refractivity contribution in [3.63, 3.8) is 0 Å². The van der Waals surface area contributed by atoms with Crippen LogP contribution in [0.3, 0.4) is 0 Å². The highest BCUT2D eigenvalue weighted by Gasteiger charge is 2.51. The lowest BCUT2D eigenvalue weighted by atomic mass is 9.68. The van der Waals surface area contributed by atoms with Crippen molar-refractivity contribution in [1.29, 1.82) is 0 Å². The molecule has 21 heavy (non-hydrogen) atoms. The number of ether oxygens (including phenoxy) is 1. The molecule has 2 heterocycles. The van der Waals surface area contributed by atoms with Gasteiger partial charge in [-0.3, -0.25) is 4.79 Å². The average molecular weight is 310 g/mol. The van der Waals surface area contributed by atoms with E-state index in [1.54, 1.807) is 6.07 Å². The summed E-state index contributed by atoms with van der Waals surface area (Å²) < 4.78 is 7.75. The van der Waals surface area contributed by atoms with Gasteiger partial charge in [0.2, 0.25) is 0 Å². The Balaban J connectivity index is 1.48. The zero-order valence-corrected chi connectivity index (χ0v) is 12.6. The third-order valence-electron chi connectivity index (χ3n) is 4.96. The van der Waals surface area contributed by atoms with Gasteiger partial charge < -0.3 is 20.4 Å². The molecule has 0 radical (unpaired) electrons. The second-order valence-corrected chi connectivity index (χ2v) is 6.84. The van der Waals surface area contributed by atoms with Gasteiger partial charge in [-0.25, -0.2) is 0 Å². The molecule has 1 aromatic heterocycles. The van der Waals surface area contributed by atoms with Crippen LogP contribution in [-0.2, 0) is 4.74 Å². The first-order chi connectivity index (χ1) is 10.1. The summed E-state index contributed by atoms with van der Waals surface area (Å²) >= 11 is 6.06. The fraction of sp³-hybridized carbons (Fsp3) is 0.667. The molecule has 1 saturated heterocycles. The van der Waals surface area contributed by atoms with E-state index in [-0.39, 0.29) is 24.1 Å². The SMILES string of the molecule is NC1C2CCCOC2C1NC(=O)c1cc(Cl)cn1C1CC1. The molecule has 4 rings (SSSR count). The number of nitrogens with two attached hydrogens (primary N) is 1. The minimum absolute atomic E-state index is 0.000871. The number of hydrogen-bond acceptors (Lipinski definition) is 3. The van der Waals surface area contributed by atoms with Gasteiger partial charge in [0, 0.05) is 30.8 Å². The van der Waals surface area contributed by atoms with Crippen LogP contribution >= 0.6 is 11.6 Å². The Morgan fingerprint density at radius 1 is 1.43 bits per heavy atom. The van der Waals surface area contributed by atoms with Crippen LogP contribution in [0.15, 0.2) is 12.3 Å². The van der Waals surface area contributed by atoms with Crippen LogP contribution in [0.25, 0.3) is 0 Å². The third-order valence-corrected chi connectivity index (χ3v) is 5.17. The summed E-state index contributed by atoms with van der Waals surface area (Å²) in [6, 6.07) is 2.08. The number of carbonyl (C=O) groups is 1. The largest absolute Gasteiger partial charge is 0.376 e. The van der Waals surface area contributed by atoms with Crippen LogP contribution in [-0.4, -0.2) is 35.3 Å². The number of fused-ring (bicyclic) bond motifs is 1. The molecule has 6 heteroatoms. The van der Waals surface area contributed by atoms with Crippen molar-refractivity contribution in [1.82, 2.24) is 9.88 Å². The van der Waals surface area contributed by atoms with Crippen LogP contribution in [0.1, 0.15) is 42.2 Å². The zero-order valence-electron chi connectivity index (χ0n) is 11.8. The van der Waals surface area contributed by atoms with Gasteiger partial charge in [0.25, 0.3) is 5.91 Å². The van der Waals surface area contributed by atoms with Crippen LogP contribution in [0.2, 0.25) is 5.02 Å². The summed E-state index contributed by atoms with van der Waals surface area (Å²) in [5.74, 6) is 0.296. The molecular weight excluding hydrogens is 290 g/mol. The van der Waals surface area contributed by atoms with E-state index in [1.807, 2.05) is 10.8 Å². The molecule has 4 atom stereocenters. The van der Waals surface area contributed by atoms with Gasteiger partial charge in [-0.05, 0) is 31.7 Å². The quantitative estimate of drug-likeness (QED) is 0.893. The molecule has 0 aromatic carbocycles. The van der Waals surface area contributed by atoms with Crippen molar-refractivity contribution in [2.24, 2.45) is 11.7 Å².